The van der Waals surface area contributed by atoms with Gasteiger partial charge in [-0.1, -0.05) is 13.0 Å². The number of likely N-dealkylation sites (N-methyl/N-ethyl adjacent to an activating group) is 1. The summed E-state index contributed by atoms with van der Waals surface area (Å²) in [6.45, 7) is 3.47. The molecule has 108 valence electrons. The number of hydrogen-bond acceptors (Lipinski definition) is 3. The molecule has 2 bridgehead atoms. The van der Waals surface area contributed by atoms with Crippen molar-refractivity contribution in [3.63, 3.8) is 0 Å². The lowest BCUT2D eigenvalue weighted by atomic mass is 9.62. The molecule has 3 rings (SSSR count). The Morgan fingerprint density at radius 3 is 2.85 bits per heavy atom. The van der Waals surface area contributed by atoms with E-state index in [9.17, 15) is 0 Å². The second-order valence-electron chi connectivity index (χ2n) is 6.11. The van der Waals surface area contributed by atoms with Crippen LogP contribution in [-0.4, -0.2) is 38.8 Å². The van der Waals surface area contributed by atoms with E-state index < -0.39 is 0 Å². The maximum atomic E-state index is 5.42. The van der Waals surface area contributed by atoms with Crippen LogP contribution < -0.4 is 4.74 Å². The summed E-state index contributed by atoms with van der Waals surface area (Å²) in [7, 11) is 5.69. The predicted octanol–water partition coefficient (Wildman–Crippen LogP) is 2.74. The van der Waals surface area contributed by atoms with E-state index in [0.717, 1.165) is 25.1 Å². The lowest BCUT2D eigenvalue weighted by Crippen LogP contribution is -2.52. The first-order chi connectivity index (χ1) is 9.60. The average Bonchev–Trinajstić information content (AvgIpc) is 2.46. The third-order valence-corrected chi connectivity index (χ3v) is 5.06. The van der Waals surface area contributed by atoms with Crippen molar-refractivity contribution in [3.05, 3.63) is 41.2 Å². The van der Waals surface area contributed by atoms with Crippen LogP contribution in [0.5, 0.6) is 5.75 Å². The van der Waals surface area contributed by atoms with Crippen LogP contribution in [-0.2, 0) is 16.6 Å². The van der Waals surface area contributed by atoms with E-state index in [-0.39, 0.29) is 5.41 Å². The van der Waals surface area contributed by atoms with E-state index >= 15 is 0 Å². The van der Waals surface area contributed by atoms with Gasteiger partial charge in [-0.2, -0.15) is 0 Å². The number of hydrogen-bond donors (Lipinski definition) is 0. The SMILES string of the molecule is CO/C=C1/[C@H]2Cc3ccc(OC)cc3[C@]1(C)CCN2C. The summed E-state index contributed by atoms with van der Waals surface area (Å²) in [6, 6.07) is 6.96. The molecule has 2 aliphatic rings. The summed E-state index contributed by atoms with van der Waals surface area (Å²) in [5, 5.41) is 0. The Labute approximate surface area is 121 Å². The first-order valence-corrected chi connectivity index (χ1v) is 7.21. The van der Waals surface area contributed by atoms with Crippen molar-refractivity contribution >= 4 is 0 Å². The van der Waals surface area contributed by atoms with Crippen molar-refractivity contribution in [2.45, 2.75) is 31.2 Å². The van der Waals surface area contributed by atoms with Crippen molar-refractivity contribution in [3.8, 4) is 5.75 Å². The molecule has 0 amide bonds. The van der Waals surface area contributed by atoms with Crippen LogP contribution in [0, 0.1) is 0 Å². The molecule has 0 unspecified atom stereocenters. The van der Waals surface area contributed by atoms with Gasteiger partial charge in [0.15, 0.2) is 0 Å². The standard InChI is InChI=1S/C17H23NO2/c1-17-7-8-18(2)16(15(17)11-19-3)9-12-5-6-13(20-4)10-14(12)17/h5-6,10-11,16H,7-9H2,1-4H3/b15-11-/t16-,17+/m1/s1. The normalized spacial score (nSPS) is 31.0. The number of ether oxygens (including phenoxy) is 2. The van der Waals surface area contributed by atoms with Crippen molar-refractivity contribution in [1.29, 1.82) is 0 Å². The van der Waals surface area contributed by atoms with Gasteiger partial charge in [-0.05, 0) is 55.3 Å². The van der Waals surface area contributed by atoms with Gasteiger partial charge in [-0.25, -0.2) is 0 Å². The molecule has 1 heterocycles. The maximum Gasteiger partial charge on any atom is 0.119 e. The Kier molecular flexibility index (Phi) is 3.25. The highest BCUT2D eigenvalue weighted by atomic mass is 16.5. The molecule has 1 saturated heterocycles. The minimum absolute atomic E-state index is 0.0648. The number of nitrogens with zero attached hydrogens (tertiary/aromatic N) is 1. The molecule has 1 aromatic carbocycles. The van der Waals surface area contributed by atoms with Gasteiger partial charge >= 0.3 is 0 Å². The van der Waals surface area contributed by atoms with Crippen molar-refractivity contribution in [1.82, 2.24) is 4.90 Å². The van der Waals surface area contributed by atoms with E-state index in [1.807, 2.05) is 6.26 Å². The zero-order chi connectivity index (χ0) is 14.3. The number of piperidine rings is 1. The number of methoxy groups -OCH3 is 2. The third kappa shape index (κ3) is 1.84. The lowest BCUT2D eigenvalue weighted by molar-refractivity contribution is 0.166. The van der Waals surface area contributed by atoms with Crippen LogP contribution in [0.4, 0.5) is 0 Å². The van der Waals surface area contributed by atoms with Crippen LogP contribution in [0.2, 0.25) is 0 Å². The van der Waals surface area contributed by atoms with Gasteiger partial charge in [0.2, 0.25) is 0 Å². The minimum atomic E-state index is 0.0648. The Balaban J connectivity index is 2.17. The van der Waals surface area contributed by atoms with Gasteiger partial charge in [0.25, 0.3) is 0 Å². The second kappa shape index (κ2) is 4.81. The largest absolute Gasteiger partial charge is 0.504 e. The van der Waals surface area contributed by atoms with Crippen molar-refractivity contribution in [2.75, 3.05) is 27.8 Å². The van der Waals surface area contributed by atoms with E-state index in [2.05, 4.69) is 37.1 Å². The van der Waals surface area contributed by atoms with E-state index in [1.165, 1.54) is 16.7 Å². The topological polar surface area (TPSA) is 21.7 Å². The fourth-order valence-electron chi connectivity index (χ4n) is 3.78. The van der Waals surface area contributed by atoms with Gasteiger partial charge in [0.05, 0.1) is 20.5 Å². The monoisotopic (exact) mass is 273 g/mol. The smallest absolute Gasteiger partial charge is 0.119 e. The van der Waals surface area contributed by atoms with Crippen molar-refractivity contribution < 1.29 is 9.47 Å². The van der Waals surface area contributed by atoms with Gasteiger partial charge in [-0.3, -0.25) is 4.90 Å². The summed E-state index contributed by atoms with van der Waals surface area (Å²) in [4.78, 5) is 2.44. The number of benzene rings is 1. The molecule has 0 radical (unpaired) electrons. The number of likely N-dealkylation sites (tertiary alicyclic amines) is 1. The number of rotatable bonds is 2. The molecule has 3 nitrogen and oxygen atoms in total. The summed E-state index contributed by atoms with van der Waals surface area (Å²) in [5.41, 5.74) is 4.31. The molecule has 0 spiro atoms. The molecule has 20 heavy (non-hydrogen) atoms. The molecular weight excluding hydrogens is 250 g/mol. The molecule has 3 heteroatoms. The predicted molar refractivity (Wildman–Crippen MR) is 80.2 cm³/mol. The van der Waals surface area contributed by atoms with Gasteiger partial charge in [-0.15, -0.1) is 0 Å². The Bertz CT molecular complexity index is 552. The summed E-state index contributed by atoms with van der Waals surface area (Å²) in [5.74, 6) is 0.944. The van der Waals surface area contributed by atoms with Crippen LogP contribution in [0.1, 0.15) is 24.5 Å². The molecule has 1 aliphatic carbocycles. The van der Waals surface area contributed by atoms with Crippen LogP contribution in [0.3, 0.4) is 0 Å². The van der Waals surface area contributed by atoms with Gasteiger partial charge in [0.1, 0.15) is 5.75 Å². The van der Waals surface area contributed by atoms with E-state index in [1.54, 1.807) is 14.2 Å². The highest BCUT2D eigenvalue weighted by Crippen LogP contribution is 2.48. The highest BCUT2D eigenvalue weighted by Gasteiger charge is 2.46. The Morgan fingerprint density at radius 1 is 1.35 bits per heavy atom. The van der Waals surface area contributed by atoms with Crippen LogP contribution in [0.25, 0.3) is 0 Å². The summed E-state index contributed by atoms with van der Waals surface area (Å²) in [6.07, 6.45) is 4.14. The maximum absolute atomic E-state index is 5.42. The molecular formula is C17H23NO2. The lowest BCUT2D eigenvalue weighted by Gasteiger charge is -2.50. The molecule has 2 atom stereocenters. The second-order valence-corrected chi connectivity index (χ2v) is 6.11. The molecule has 0 saturated carbocycles. The Morgan fingerprint density at radius 2 is 2.15 bits per heavy atom. The first-order valence-electron chi connectivity index (χ1n) is 7.21. The fourth-order valence-corrected chi connectivity index (χ4v) is 3.78. The van der Waals surface area contributed by atoms with Crippen molar-refractivity contribution in [2.24, 2.45) is 0 Å². The highest BCUT2D eigenvalue weighted by molar-refractivity contribution is 5.51. The first kappa shape index (κ1) is 13.5. The summed E-state index contributed by atoms with van der Waals surface area (Å²) >= 11 is 0. The van der Waals surface area contributed by atoms with Gasteiger partial charge < -0.3 is 9.47 Å². The minimum Gasteiger partial charge on any atom is -0.504 e. The molecule has 1 fully saturated rings. The van der Waals surface area contributed by atoms with Crippen LogP contribution in [0.15, 0.2) is 30.0 Å². The molecule has 0 aromatic heterocycles. The van der Waals surface area contributed by atoms with E-state index in [4.69, 9.17) is 9.47 Å². The quantitative estimate of drug-likeness (QED) is 0.773. The van der Waals surface area contributed by atoms with E-state index in [0.29, 0.717) is 6.04 Å². The van der Waals surface area contributed by atoms with Gasteiger partial charge in [0, 0.05) is 11.5 Å². The zero-order valence-electron chi connectivity index (χ0n) is 12.8. The average molecular weight is 273 g/mol. The summed E-state index contributed by atoms with van der Waals surface area (Å²) < 4.78 is 10.8. The fraction of sp³-hybridized carbons (Fsp3) is 0.529. The third-order valence-electron chi connectivity index (χ3n) is 5.06. The zero-order valence-corrected chi connectivity index (χ0v) is 12.8. The van der Waals surface area contributed by atoms with Crippen LogP contribution >= 0.6 is 0 Å². The molecule has 1 aromatic rings. The molecule has 1 aliphatic heterocycles. The number of fused-ring (bicyclic) bond motifs is 4. The molecule has 0 N–H and O–H groups in total. The Hall–Kier alpha value is -1.48.